The summed E-state index contributed by atoms with van der Waals surface area (Å²) in [5.74, 6) is -0.769. The molecule has 184 valence electrons. The molecule has 1 fully saturated rings. The number of aliphatic hydroxyl groups excluding tert-OH is 1. The van der Waals surface area contributed by atoms with Gasteiger partial charge >= 0.3 is 5.97 Å². The number of aliphatic hydroxyl groups is 1. The minimum absolute atomic E-state index is 0.0288. The second kappa shape index (κ2) is 11.9. The fourth-order valence-electron chi connectivity index (χ4n) is 3.67. The highest BCUT2D eigenvalue weighted by Gasteiger charge is 2.32. The maximum absolute atomic E-state index is 12.1. The number of anilines is 1. The second-order valence-electron chi connectivity index (χ2n) is 8.02. The first-order valence-electron chi connectivity index (χ1n) is 11.1. The van der Waals surface area contributed by atoms with E-state index in [1.807, 2.05) is 30.3 Å². The third-order valence-corrected chi connectivity index (χ3v) is 6.43. The molecule has 1 amide bonds. The molecule has 3 atom stereocenters. The quantitative estimate of drug-likeness (QED) is 0.309. The molecule has 35 heavy (non-hydrogen) atoms. The van der Waals surface area contributed by atoms with Gasteiger partial charge in [-0.25, -0.2) is 4.98 Å². The van der Waals surface area contributed by atoms with Crippen molar-refractivity contribution in [3.05, 3.63) is 71.5 Å². The van der Waals surface area contributed by atoms with Crippen molar-refractivity contribution >= 4 is 29.3 Å². The van der Waals surface area contributed by atoms with Crippen LogP contribution in [0.3, 0.4) is 0 Å². The molecule has 1 aliphatic rings. The first kappa shape index (κ1) is 24.9. The minimum Gasteiger partial charge on any atom is -0.481 e. The molecule has 1 saturated heterocycles. The lowest BCUT2D eigenvalue weighted by atomic mass is 10.0. The second-order valence-corrected chi connectivity index (χ2v) is 9.03. The summed E-state index contributed by atoms with van der Waals surface area (Å²) in [6.45, 7) is -0.0288. The number of thioether (sulfide) groups is 1. The number of carbonyl (C=O) groups is 2. The standard InChI is InChI=1S/C24H26N4O6S/c29-12-15-4-6-16(7-5-15)20-11-19(13-35-24-25-14-26-28-24)33-23(34-20)17-2-1-3-18(10-17)27-21(30)8-9-22(31)32/h1-7,10,14,19-20,23,29H,8-9,11-13H2,(H,27,30)(H,31,32)(H,25,26,28)/t19-,20+,23+/m1/s1. The molecule has 1 aliphatic heterocycles. The lowest BCUT2D eigenvalue weighted by Gasteiger charge is -2.36. The van der Waals surface area contributed by atoms with E-state index in [2.05, 4.69) is 20.5 Å². The van der Waals surface area contributed by atoms with E-state index in [4.69, 9.17) is 14.6 Å². The van der Waals surface area contributed by atoms with E-state index < -0.39 is 12.3 Å². The normalized spacial score (nSPS) is 19.9. The van der Waals surface area contributed by atoms with Crippen molar-refractivity contribution in [3.8, 4) is 0 Å². The van der Waals surface area contributed by atoms with Gasteiger partial charge < -0.3 is 25.0 Å². The van der Waals surface area contributed by atoms with Gasteiger partial charge in [-0.1, -0.05) is 48.2 Å². The van der Waals surface area contributed by atoms with E-state index in [9.17, 15) is 14.7 Å². The zero-order chi connectivity index (χ0) is 24.6. The molecule has 10 nitrogen and oxygen atoms in total. The highest BCUT2D eigenvalue weighted by Crippen LogP contribution is 2.39. The third kappa shape index (κ3) is 7.12. The van der Waals surface area contributed by atoms with Gasteiger partial charge in [0, 0.05) is 29.8 Å². The number of aromatic amines is 1. The lowest BCUT2D eigenvalue weighted by molar-refractivity contribution is -0.245. The maximum atomic E-state index is 12.1. The van der Waals surface area contributed by atoms with Crippen LogP contribution in [0.25, 0.3) is 0 Å². The first-order valence-corrected chi connectivity index (χ1v) is 12.1. The van der Waals surface area contributed by atoms with E-state index in [1.165, 1.54) is 18.1 Å². The van der Waals surface area contributed by atoms with E-state index in [1.54, 1.807) is 18.2 Å². The smallest absolute Gasteiger partial charge is 0.303 e. The summed E-state index contributed by atoms with van der Waals surface area (Å²) in [5.41, 5.74) is 3.06. The Hall–Kier alpha value is -3.25. The molecule has 4 rings (SSSR count). The number of nitrogens with zero attached hydrogens (tertiary/aromatic N) is 2. The third-order valence-electron chi connectivity index (χ3n) is 5.42. The van der Waals surface area contributed by atoms with E-state index >= 15 is 0 Å². The summed E-state index contributed by atoms with van der Waals surface area (Å²) in [4.78, 5) is 26.9. The van der Waals surface area contributed by atoms with Gasteiger partial charge in [-0.2, -0.15) is 5.10 Å². The number of carbonyl (C=O) groups excluding carboxylic acids is 1. The van der Waals surface area contributed by atoms with Crippen LogP contribution in [0.5, 0.6) is 0 Å². The number of benzene rings is 2. The summed E-state index contributed by atoms with van der Waals surface area (Å²) in [5, 5.41) is 28.3. The number of ether oxygens (including phenoxy) is 2. The molecule has 0 unspecified atom stereocenters. The van der Waals surface area contributed by atoms with E-state index in [-0.39, 0.29) is 37.6 Å². The lowest BCUT2D eigenvalue weighted by Crippen LogP contribution is -2.31. The molecule has 0 saturated carbocycles. The van der Waals surface area contributed by atoms with Gasteiger partial charge in [0.1, 0.15) is 6.33 Å². The van der Waals surface area contributed by atoms with Crippen molar-refractivity contribution < 1.29 is 29.3 Å². The summed E-state index contributed by atoms with van der Waals surface area (Å²) in [6, 6.07) is 14.8. The van der Waals surface area contributed by atoms with Crippen molar-refractivity contribution in [2.75, 3.05) is 11.1 Å². The summed E-state index contributed by atoms with van der Waals surface area (Å²) in [7, 11) is 0. The van der Waals surface area contributed by atoms with Crippen molar-refractivity contribution in [2.45, 2.75) is 49.5 Å². The van der Waals surface area contributed by atoms with Gasteiger partial charge in [0.2, 0.25) is 5.91 Å². The van der Waals surface area contributed by atoms with Gasteiger partial charge in [0.15, 0.2) is 11.4 Å². The number of carboxylic acids is 1. The highest BCUT2D eigenvalue weighted by atomic mass is 32.2. The number of amides is 1. The Morgan fingerprint density at radius 3 is 2.66 bits per heavy atom. The number of aromatic nitrogens is 3. The van der Waals surface area contributed by atoms with Crippen LogP contribution in [0.2, 0.25) is 0 Å². The molecule has 0 bridgehead atoms. The summed E-state index contributed by atoms with van der Waals surface area (Å²) in [6.07, 6.45) is 0.669. The molecular weight excluding hydrogens is 472 g/mol. The Bertz CT molecular complexity index is 1130. The van der Waals surface area contributed by atoms with Crippen LogP contribution < -0.4 is 5.32 Å². The number of aliphatic carboxylic acids is 1. The Kier molecular flexibility index (Phi) is 8.48. The molecule has 4 N–H and O–H groups in total. The first-order chi connectivity index (χ1) is 17.0. The monoisotopic (exact) mass is 498 g/mol. The number of carboxylic acid groups (broad SMARTS) is 1. The van der Waals surface area contributed by atoms with Gasteiger partial charge in [0.05, 0.1) is 25.2 Å². The fourth-order valence-corrected chi connectivity index (χ4v) is 4.46. The molecule has 2 heterocycles. The number of nitrogens with one attached hydrogen (secondary N) is 2. The topological polar surface area (TPSA) is 147 Å². The van der Waals surface area contributed by atoms with Crippen LogP contribution in [0.1, 0.15) is 48.3 Å². The van der Waals surface area contributed by atoms with Crippen molar-refractivity contribution in [3.63, 3.8) is 0 Å². The maximum Gasteiger partial charge on any atom is 0.303 e. The molecule has 2 aromatic carbocycles. The zero-order valence-corrected chi connectivity index (χ0v) is 19.6. The zero-order valence-electron chi connectivity index (χ0n) is 18.8. The highest BCUT2D eigenvalue weighted by molar-refractivity contribution is 7.99. The average molecular weight is 499 g/mol. The SMILES string of the molecule is O=C(O)CCC(=O)Nc1cccc([C@H]2O[C@@H](CSc3ncn[nH]3)C[C@@H](c3ccc(CO)cc3)O2)c1. The van der Waals surface area contributed by atoms with Crippen LogP contribution in [0, 0.1) is 0 Å². The van der Waals surface area contributed by atoms with Crippen LogP contribution in [0.4, 0.5) is 5.69 Å². The number of H-pyrrole nitrogens is 1. The predicted octanol–water partition coefficient (Wildman–Crippen LogP) is 3.44. The van der Waals surface area contributed by atoms with Gasteiger partial charge in [0.25, 0.3) is 0 Å². The van der Waals surface area contributed by atoms with Crippen molar-refractivity contribution in [2.24, 2.45) is 0 Å². The van der Waals surface area contributed by atoms with E-state index in [0.717, 1.165) is 16.7 Å². The molecule has 1 aromatic heterocycles. The van der Waals surface area contributed by atoms with Crippen molar-refractivity contribution in [1.29, 1.82) is 0 Å². The largest absolute Gasteiger partial charge is 0.481 e. The van der Waals surface area contributed by atoms with Gasteiger partial charge in [-0.15, -0.1) is 0 Å². The summed E-state index contributed by atoms with van der Waals surface area (Å²) < 4.78 is 12.6. The van der Waals surface area contributed by atoms with Gasteiger partial charge in [-0.3, -0.25) is 14.7 Å². The predicted molar refractivity (Wildman–Crippen MR) is 127 cm³/mol. The van der Waals surface area contributed by atoms with Crippen LogP contribution in [0.15, 0.2) is 60.0 Å². The van der Waals surface area contributed by atoms with E-state index in [0.29, 0.717) is 23.0 Å². The molecule has 3 aromatic rings. The number of hydrogen-bond acceptors (Lipinski definition) is 8. The Morgan fingerprint density at radius 1 is 1.11 bits per heavy atom. The number of hydrogen-bond donors (Lipinski definition) is 4. The minimum atomic E-state index is -1.02. The van der Waals surface area contributed by atoms with Crippen LogP contribution >= 0.6 is 11.8 Å². The Balaban J connectivity index is 1.50. The molecular formula is C24H26N4O6S. The molecule has 0 spiro atoms. The molecule has 11 heteroatoms. The molecule has 0 radical (unpaired) electrons. The van der Waals surface area contributed by atoms with Crippen LogP contribution in [-0.2, 0) is 25.7 Å². The van der Waals surface area contributed by atoms with Gasteiger partial charge in [-0.05, 0) is 23.3 Å². The Labute approximate surface area is 206 Å². The molecule has 0 aliphatic carbocycles. The van der Waals surface area contributed by atoms with Crippen LogP contribution in [-0.4, -0.2) is 49.1 Å². The number of rotatable bonds is 10. The summed E-state index contributed by atoms with van der Waals surface area (Å²) >= 11 is 1.51. The Morgan fingerprint density at radius 2 is 1.94 bits per heavy atom. The van der Waals surface area contributed by atoms with Crippen molar-refractivity contribution in [1.82, 2.24) is 15.2 Å². The average Bonchev–Trinajstić information content (AvgIpc) is 3.40. The fraction of sp³-hybridized carbons (Fsp3) is 0.333.